The van der Waals surface area contributed by atoms with E-state index in [9.17, 15) is 24.6 Å². The number of halogens is 1. The van der Waals surface area contributed by atoms with Gasteiger partial charge in [-0.15, -0.1) is 0 Å². The van der Waals surface area contributed by atoms with Crippen molar-refractivity contribution in [2.75, 3.05) is 34.3 Å². The molecule has 0 spiro atoms. The van der Waals surface area contributed by atoms with Gasteiger partial charge in [0.25, 0.3) is 11.8 Å². The molecule has 2 aliphatic rings. The zero-order valence-corrected chi connectivity index (χ0v) is 33.9. The molecule has 2 amide bonds. The number of fused-ring (bicyclic) bond motifs is 2. The standard InChI is InChI=1S/C23H22N4O4.C21H19ClN4O2/c1-4-27-14-24-20-18(27)13-17(21(28)31-3)25-19(20)16-7-5-6-15(12-16)8-9-23(30)10-11-26(2)22(23)29;1-3-26-17-12-18(22)24-19(16(17)13-23-26)15-6-4-5-14(11-15)7-8-21(28)9-10-25(2)20(21)27/h5-7,12-14,30H,4,10-11H2,1-3H3;4-6,11-13,28H,3,9-10H2,1-2H3/t23-;21-/m00/s1. The van der Waals surface area contributed by atoms with E-state index in [0.29, 0.717) is 59.1 Å². The number of likely N-dealkylation sites (tertiary alicyclic amines) is 2. The van der Waals surface area contributed by atoms with Crippen LogP contribution < -0.4 is 0 Å². The van der Waals surface area contributed by atoms with Crippen LogP contribution in [0.4, 0.5) is 0 Å². The number of ether oxygens (including phenoxy) is 1. The van der Waals surface area contributed by atoms with Gasteiger partial charge in [0.2, 0.25) is 11.2 Å². The molecule has 2 aliphatic heterocycles. The van der Waals surface area contributed by atoms with E-state index in [-0.39, 0.29) is 18.0 Å². The van der Waals surface area contributed by atoms with Gasteiger partial charge in [0.15, 0.2) is 5.69 Å². The summed E-state index contributed by atoms with van der Waals surface area (Å²) in [6, 6.07) is 18.2. The molecule has 0 unspecified atom stereocenters. The Bertz CT molecular complexity index is 2780. The number of esters is 1. The molecule has 14 nitrogen and oxygen atoms in total. The zero-order valence-electron chi connectivity index (χ0n) is 33.2. The van der Waals surface area contributed by atoms with Gasteiger partial charge in [-0.25, -0.2) is 19.7 Å². The van der Waals surface area contributed by atoms with Gasteiger partial charge in [-0.1, -0.05) is 59.5 Å². The van der Waals surface area contributed by atoms with Crippen LogP contribution in [0, 0.1) is 23.7 Å². The van der Waals surface area contributed by atoms with Crippen LogP contribution in [0.3, 0.4) is 0 Å². The fourth-order valence-electron chi connectivity index (χ4n) is 7.02. The number of amides is 2. The van der Waals surface area contributed by atoms with E-state index >= 15 is 0 Å². The largest absolute Gasteiger partial charge is 0.464 e. The number of hydrogen-bond donors (Lipinski definition) is 2. The number of carbonyl (C=O) groups is 3. The highest BCUT2D eigenvalue weighted by Crippen LogP contribution is 2.31. The molecule has 8 rings (SSSR count). The first-order valence-electron chi connectivity index (χ1n) is 19.0. The summed E-state index contributed by atoms with van der Waals surface area (Å²) in [5.41, 5.74) is 3.37. The predicted octanol–water partition coefficient (Wildman–Crippen LogP) is 4.57. The van der Waals surface area contributed by atoms with E-state index in [2.05, 4.69) is 43.7 Å². The van der Waals surface area contributed by atoms with Crippen LogP contribution >= 0.6 is 11.6 Å². The molecule has 6 heterocycles. The van der Waals surface area contributed by atoms with Crippen LogP contribution in [0.1, 0.15) is 48.3 Å². The van der Waals surface area contributed by atoms with Crippen molar-refractivity contribution in [3.8, 4) is 46.2 Å². The van der Waals surface area contributed by atoms with E-state index in [1.807, 2.05) is 53.4 Å². The quantitative estimate of drug-likeness (QED) is 0.143. The highest BCUT2D eigenvalue weighted by molar-refractivity contribution is 6.30. The molecule has 4 aromatic heterocycles. The van der Waals surface area contributed by atoms with Crippen molar-refractivity contribution >= 4 is 51.3 Å². The fraction of sp³-hybridized carbons (Fsp3) is 0.295. The number of methoxy groups -OCH3 is 1. The van der Waals surface area contributed by atoms with Gasteiger partial charge in [-0.05, 0) is 44.2 Å². The number of aliphatic hydroxyl groups is 2. The first kappa shape index (κ1) is 40.6. The third-order valence-electron chi connectivity index (χ3n) is 10.4. The smallest absolute Gasteiger partial charge is 0.356 e. The zero-order chi connectivity index (χ0) is 42.1. The molecule has 59 heavy (non-hydrogen) atoms. The van der Waals surface area contributed by atoms with Crippen LogP contribution in [0.25, 0.3) is 44.5 Å². The first-order chi connectivity index (χ1) is 28.3. The monoisotopic (exact) mass is 812 g/mol. The summed E-state index contributed by atoms with van der Waals surface area (Å²) in [5.74, 6) is 10.0. The van der Waals surface area contributed by atoms with E-state index in [1.165, 1.54) is 16.9 Å². The van der Waals surface area contributed by atoms with Gasteiger partial charge in [0.1, 0.15) is 10.7 Å². The normalized spacial score (nSPS) is 18.6. The number of hydrogen-bond acceptors (Lipinski definition) is 10. The van der Waals surface area contributed by atoms with Crippen molar-refractivity contribution in [3.63, 3.8) is 0 Å². The lowest BCUT2D eigenvalue weighted by Crippen LogP contribution is -2.37. The Morgan fingerprint density at radius 3 is 1.95 bits per heavy atom. The van der Waals surface area contributed by atoms with E-state index in [1.54, 1.807) is 57.0 Å². The number of aromatic nitrogens is 6. The molecule has 300 valence electrons. The lowest BCUT2D eigenvalue weighted by atomic mass is 10.0. The number of nitrogens with zero attached hydrogens (tertiary/aromatic N) is 8. The Kier molecular flexibility index (Phi) is 11.3. The Labute approximate surface area is 345 Å². The summed E-state index contributed by atoms with van der Waals surface area (Å²) in [5, 5.41) is 26.7. The maximum Gasteiger partial charge on any atom is 0.356 e. The van der Waals surface area contributed by atoms with Gasteiger partial charge in [0.05, 0.1) is 42.1 Å². The van der Waals surface area contributed by atoms with Gasteiger partial charge in [-0.2, -0.15) is 5.10 Å². The first-order valence-corrected chi connectivity index (χ1v) is 19.3. The molecule has 2 atom stereocenters. The number of likely N-dealkylation sites (N-methyl/N-ethyl adjacent to an activating group) is 2. The van der Waals surface area contributed by atoms with E-state index in [0.717, 1.165) is 34.2 Å². The SMILES string of the molecule is CCn1cnc2c(-c3cccc(C#C[C@]4(O)CCN(C)C4=O)c3)nc(C(=O)OC)cc21.CCn1ncc2c(-c3cccc(C#C[C@]4(O)CCN(C)C4=O)c3)nc(Cl)cc21. The lowest BCUT2D eigenvalue weighted by molar-refractivity contribution is -0.138. The minimum Gasteiger partial charge on any atom is -0.464 e. The fourth-order valence-corrected chi connectivity index (χ4v) is 7.20. The second-order valence-electron chi connectivity index (χ2n) is 14.3. The molecule has 0 radical (unpaired) electrons. The Morgan fingerprint density at radius 2 is 1.42 bits per heavy atom. The number of pyridine rings is 2. The van der Waals surface area contributed by atoms with Crippen molar-refractivity contribution in [2.24, 2.45) is 0 Å². The minimum atomic E-state index is -1.67. The molecular formula is C44H41ClN8O6. The van der Waals surface area contributed by atoms with Crippen molar-refractivity contribution in [1.29, 1.82) is 0 Å². The molecule has 0 bridgehead atoms. The molecule has 0 saturated carbocycles. The van der Waals surface area contributed by atoms with Gasteiger partial charge >= 0.3 is 5.97 Å². The van der Waals surface area contributed by atoms with Crippen molar-refractivity contribution in [3.05, 3.63) is 95.2 Å². The number of carbonyl (C=O) groups excluding carboxylic acids is 3. The highest BCUT2D eigenvalue weighted by Gasteiger charge is 2.43. The lowest BCUT2D eigenvalue weighted by Gasteiger charge is -2.13. The van der Waals surface area contributed by atoms with Crippen LogP contribution in [0.2, 0.25) is 5.15 Å². The van der Waals surface area contributed by atoms with E-state index < -0.39 is 23.1 Å². The number of benzene rings is 2. The van der Waals surface area contributed by atoms with E-state index in [4.69, 9.17) is 16.3 Å². The number of imidazole rings is 1. The topological polar surface area (TPSA) is 169 Å². The summed E-state index contributed by atoms with van der Waals surface area (Å²) in [7, 11) is 4.62. The summed E-state index contributed by atoms with van der Waals surface area (Å²) in [4.78, 5) is 52.8. The second-order valence-corrected chi connectivity index (χ2v) is 14.7. The Hall–Kier alpha value is -6.58. The van der Waals surface area contributed by atoms with Crippen LogP contribution in [0.15, 0.2) is 73.2 Å². The van der Waals surface area contributed by atoms with Crippen molar-refractivity contribution in [1.82, 2.24) is 39.1 Å². The maximum absolute atomic E-state index is 12.2. The average molecular weight is 813 g/mol. The van der Waals surface area contributed by atoms with Crippen molar-refractivity contribution in [2.45, 2.75) is 51.0 Å². The summed E-state index contributed by atoms with van der Waals surface area (Å²) >= 11 is 6.24. The molecule has 6 aromatic rings. The van der Waals surface area contributed by atoms with Crippen LogP contribution in [-0.2, 0) is 27.4 Å². The van der Waals surface area contributed by atoms with Crippen LogP contribution in [0.5, 0.6) is 0 Å². The van der Waals surface area contributed by atoms with Gasteiger partial charge in [0, 0.05) is 86.8 Å². The highest BCUT2D eigenvalue weighted by atomic mass is 35.5. The van der Waals surface area contributed by atoms with Crippen molar-refractivity contribution < 1.29 is 29.3 Å². The third kappa shape index (κ3) is 7.98. The molecule has 15 heteroatoms. The maximum atomic E-state index is 12.2. The molecule has 2 N–H and O–H groups in total. The summed E-state index contributed by atoms with van der Waals surface area (Å²) < 4.78 is 8.65. The Balaban J connectivity index is 0.000000180. The second kappa shape index (κ2) is 16.3. The van der Waals surface area contributed by atoms with Gasteiger partial charge < -0.3 is 29.3 Å². The minimum absolute atomic E-state index is 0.186. The number of rotatable bonds is 5. The van der Waals surface area contributed by atoms with Gasteiger partial charge in [-0.3, -0.25) is 14.3 Å². The molecule has 2 aromatic carbocycles. The predicted molar refractivity (Wildman–Crippen MR) is 222 cm³/mol. The average Bonchev–Trinajstić information content (AvgIpc) is 4.00. The third-order valence-corrected chi connectivity index (χ3v) is 10.6. The Morgan fingerprint density at radius 1 is 0.831 bits per heavy atom. The molecule has 2 fully saturated rings. The summed E-state index contributed by atoms with van der Waals surface area (Å²) in [6.45, 7) is 6.39. The number of aryl methyl sites for hydroxylation is 2. The summed E-state index contributed by atoms with van der Waals surface area (Å²) in [6.07, 6.45) is 4.07. The van der Waals surface area contributed by atoms with Crippen LogP contribution in [-0.4, -0.2) is 113 Å². The molecular weight excluding hydrogens is 772 g/mol. The molecule has 2 saturated heterocycles. The molecule has 0 aliphatic carbocycles.